The number of hydrogen-bond donors (Lipinski definition) is 1. The first-order valence-electron chi connectivity index (χ1n) is 7.18. The van der Waals surface area contributed by atoms with Crippen molar-refractivity contribution >= 4 is 0 Å². The fourth-order valence-electron chi connectivity index (χ4n) is 2.09. The minimum atomic E-state index is -0.00859. The molecule has 0 unspecified atom stereocenters. The first-order chi connectivity index (χ1) is 9.14. The van der Waals surface area contributed by atoms with Crippen molar-refractivity contribution in [3.8, 4) is 5.75 Å². The summed E-state index contributed by atoms with van der Waals surface area (Å²) in [6.07, 6.45) is 10.0. The third-order valence-electron chi connectivity index (χ3n) is 3.24. The number of allylic oxidation sites excluding steroid dienone is 4. The summed E-state index contributed by atoms with van der Waals surface area (Å²) in [5.41, 5.74) is 2.03. The molecule has 0 bridgehead atoms. The van der Waals surface area contributed by atoms with Gasteiger partial charge < -0.3 is 14.5 Å². The van der Waals surface area contributed by atoms with Crippen LogP contribution in [0.1, 0.15) is 59.1 Å². The van der Waals surface area contributed by atoms with E-state index in [0.717, 1.165) is 17.5 Å². The Balaban J connectivity index is -0.000000431. The summed E-state index contributed by atoms with van der Waals surface area (Å²) in [6.45, 7) is 12.7. The van der Waals surface area contributed by atoms with Crippen LogP contribution in [0.3, 0.4) is 0 Å². The first kappa shape index (κ1) is 26.9. The predicted molar refractivity (Wildman–Crippen MR) is 87.1 cm³/mol. The average Bonchev–Trinajstić information content (AvgIpc) is 2.84. The molecular formula is C19H27F2OTi-3. The molecule has 23 heavy (non-hydrogen) atoms. The fraction of sp³-hybridized carbons (Fsp3) is 0.474. The molecule has 4 heteroatoms. The van der Waals surface area contributed by atoms with Crippen LogP contribution in [0.4, 0.5) is 0 Å². The van der Waals surface area contributed by atoms with E-state index in [1.165, 1.54) is 0 Å². The average molecular weight is 357 g/mol. The van der Waals surface area contributed by atoms with Crippen molar-refractivity contribution in [2.75, 3.05) is 0 Å². The summed E-state index contributed by atoms with van der Waals surface area (Å²) < 4.78 is 0. The summed E-state index contributed by atoms with van der Waals surface area (Å²) >= 11 is 0. The number of rotatable bonds is 0. The van der Waals surface area contributed by atoms with E-state index in [1.807, 2.05) is 30.4 Å². The van der Waals surface area contributed by atoms with Gasteiger partial charge in [0.25, 0.3) is 0 Å². The van der Waals surface area contributed by atoms with Crippen LogP contribution in [0.15, 0.2) is 36.4 Å². The molecule has 130 valence electrons. The van der Waals surface area contributed by atoms with E-state index in [2.05, 4.69) is 53.7 Å². The van der Waals surface area contributed by atoms with Gasteiger partial charge in [-0.15, -0.1) is 6.42 Å². The summed E-state index contributed by atoms with van der Waals surface area (Å²) in [5.74, 6) is 0.456. The maximum atomic E-state index is 10.3. The van der Waals surface area contributed by atoms with Gasteiger partial charge in [0.1, 0.15) is 5.75 Å². The minimum absolute atomic E-state index is 0. The van der Waals surface area contributed by atoms with Crippen molar-refractivity contribution in [3.63, 3.8) is 0 Å². The zero-order chi connectivity index (χ0) is 15.4. The van der Waals surface area contributed by atoms with Crippen molar-refractivity contribution < 1.29 is 36.2 Å². The molecule has 1 N–H and O–H groups in total. The van der Waals surface area contributed by atoms with Crippen molar-refractivity contribution in [1.82, 2.24) is 0 Å². The van der Waals surface area contributed by atoms with Gasteiger partial charge in [0.05, 0.1) is 0 Å². The Labute approximate surface area is 154 Å². The van der Waals surface area contributed by atoms with Gasteiger partial charge in [0, 0.05) is 21.7 Å². The van der Waals surface area contributed by atoms with E-state index in [9.17, 15) is 5.11 Å². The molecule has 1 aliphatic carbocycles. The number of hydrogen-bond acceptors (Lipinski definition) is 1. The SMILES string of the molecule is CC(C)(C)c1cccc(C(C)(C)C)c1O.[C-]1=CC=CC1.[F-].[F-].[Ti]. The molecule has 0 heterocycles. The van der Waals surface area contributed by atoms with Crippen LogP contribution in [0.25, 0.3) is 0 Å². The van der Waals surface area contributed by atoms with Crippen LogP contribution in [-0.4, -0.2) is 5.11 Å². The second-order valence-electron chi connectivity index (χ2n) is 7.20. The number of halogens is 2. The van der Waals surface area contributed by atoms with Crippen LogP contribution in [0.2, 0.25) is 0 Å². The van der Waals surface area contributed by atoms with Gasteiger partial charge in [-0.3, -0.25) is 6.08 Å². The summed E-state index contributed by atoms with van der Waals surface area (Å²) in [5, 5.41) is 10.3. The van der Waals surface area contributed by atoms with Crippen molar-refractivity contribution in [1.29, 1.82) is 0 Å². The number of phenolic OH excluding ortho intramolecular Hbond substituents is 1. The van der Waals surface area contributed by atoms with Gasteiger partial charge in [-0.05, 0) is 22.0 Å². The molecule has 2 rings (SSSR count). The monoisotopic (exact) mass is 357 g/mol. The molecule has 0 atom stereocenters. The van der Waals surface area contributed by atoms with Gasteiger partial charge in [0.2, 0.25) is 0 Å². The second-order valence-corrected chi connectivity index (χ2v) is 7.20. The van der Waals surface area contributed by atoms with E-state index >= 15 is 0 Å². The molecule has 0 amide bonds. The maximum Gasteiger partial charge on any atom is 0.123 e. The molecule has 0 radical (unpaired) electrons. The van der Waals surface area contributed by atoms with Crippen LogP contribution >= 0.6 is 0 Å². The fourth-order valence-corrected chi connectivity index (χ4v) is 2.09. The summed E-state index contributed by atoms with van der Waals surface area (Å²) in [7, 11) is 0. The van der Waals surface area contributed by atoms with Gasteiger partial charge in [-0.2, -0.15) is 6.08 Å². The van der Waals surface area contributed by atoms with Crippen LogP contribution < -0.4 is 9.41 Å². The van der Waals surface area contributed by atoms with Gasteiger partial charge >= 0.3 is 0 Å². The molecule has 0 saturated heterocycles. The molecule has 1 nitrogen and oxygen atoms in total. The molecule has 1 aliphatic rings. The van der Waals surface area contributed by atoms with Gasteiger partial charge in [-0.25, -0.2) is 12.2 Å². The predicted octanol–water partition coefficient (Wildman–Crippen LogP) is -0.702. The Morgan fingerprint density at radius 2 is 1.35 bits per heavy atom. The Hall–Kier alpha value is -0.926. The van der Waals surface area contributed by atoms with E-state index in [1.54, 1.807) is 0 Å². The Morgan fingerprint density at radius 3 is 1.57 bits per heavy atom. The maximum absolute atomic E-state index is 10.3. The standard InChI is InChI=1S/C14H22O.C5H5.2FH.Ti/c1-13(2,3)10-8-7-9-11(12(10)15)14(4,5)6;1-2-4-5-3-1;;;/h7-9,15H,1-6H3;1-3H,4H2;2*1H;/q;-1;;;/p-2. The zero-order valence-corrected chi connectivity index (χ0v) is 16.4. The van der Waals surface area contributed by atoms with E-state index in [0.29, 0.717) is 5.75 Å². The number of para-hydroxylation sites is 1. The summed E-state index contributed by atoms with van der Waals surface area (Å²) in [4.78, 5) is 0. The van der Waals surface area contributed by atoms with E-state index in [-0.39, 0.29) is 42.0 Å². The number of benzene rings is 1. The molecular weight excluding hydrogens is 330 g/mol. The quantitative estimate of drug-likeness (QED) is 0.481. The Kier molecular flexibility index (Phi) is 12.6. The first-order valence-corrected chi connectivity index (χ1v) is 7.18. The number of aromatic hydroxyl groups is 1. The van der Waals surface area contributed by atoms with Crippen molar-refractivity contribution in [2.24, 2.45) is 0 Å². The molecule has 0 fully saturated rings. The Morgan fingerprint density at radius 1 is 0.913 bits per heavy atom. The molecule has 1 aromatic carbocycles. The topological polar surface area (TPSA) is 20.2 Å². The molecule has 0 aromatic heterocycles. The van der Waals surface area contributed by atoms with Crippen LogP contribution in [-0.2, 0) is 32.5 Å². The third kappa shape index (κ3) is 8.48. The zero-order valence-electron chi connectivity index (χ0n) is 14.9. The minimum Gasteiger partial charge on any atom is -1.00 e. The van der Waals surface area contributed by atoms with E-state index < -0.39 is 0 Å². The molecule has 1 aromatic rings. The van der Waals surface area contributed by atoms with Crippen molar-refractivity contribution in [2.45, 2.75) is 58.8 Å². The Bertz CT molecular complexity index is 467. The smallest absolute Gasteiger partial charge is 0.123 e. The van der Waals surface area contributed by atoms with E-state index in [4.69, 9.17) is 0 Å². The normalized spacial score (nSPS) is 12.3. The van der Waals surface area contributed by atoms with Crippen molar-refractivity contribution in [3.05, 3.63) is 53.6 Å². The third-order valence-corrected chi connectivity index (χ3v) is 3.24. The van der Waals surface area contributed by atoms with Gasteiger partial charge in [0.15, 0.2) is 0 Å². The van der Waals surface area contributed by atoms with Crippen LogP contribution in [0, 0.1) is 6.08 Å². The molecule has 0 aliphatic heterocycles. The van der Waals surface area contributed by atoms with Gasteiger partial charge in [-0.1, -0.05) is 59.7 Å². The largest absolute Gasteiger partial charge is 1.00 e. The second kappa shape index (κ2) is 10.8. The molecule has 0 saturated carbocycles. The molecule has 0 spiro atoms. The summed E-state index contributed by atoms with van der Waals surface area (Å²) in [6, 6.07) is 6.04. The van der Waals surface area contributed by atoms with Crippen LogP contribution in [0.5, 0.6) is 5.75 Å². The number of phenols is 1.